The van der Waals surface area contributed by atoms with Crippen LogP contribution in [0, 0.1) is 0 Å². The summed E-state index contributed by atoms with van der Waals surface area (Å²) in [5.41, 5.74) is 1.03. The smallest absolute Gasteiger partial charge is 0.217 e. The quantitative estimate of drug-likeness (QED) is 0.793. The van der Waals surface area contributed by atoms with E-state index in [4.69, 9.17) is 4.74 Å². The number of halogens is 1. The van der Waals surface area contributed by atoms with Gasteiger partial charge in [0.05, 0.1) is 10.9 Å². The minimum absolute atomic E-state index is 0.00699. The van der Waals surface area contributed by atoms with Crippen LogP contribution >= 0.6 is 15.9 Å². The lowest BCUT2D eigenvalue weighted by Crippen LogP contribution is -2.38. The van der Waals surface area contributed by atoms with Gasteiger partial charge in [-0.05, 0) is 6.07 Å². The summed E-state index contributed by atoms with van der Waals surface area (Å²) in [6.45, 7) is 2.10. The van der Waals surface area contributed by atoms with E-state index in [9.17, 15) is 4.79 Å². The zero-order valence-corrected chi connectivity index (χ0v) is 9.95. The number of nitrogens with one attached hydrogen (secondary N) is 1. The molecule has 80 valence electrons. The van der Waals surface area contributed by atoms with Crippen LogP contribution in [0.4, 0.5) is 0 Å². The summed E-state index contributed by atoms with van der Waals surface area (Å²) in [5.74, 6) is 0.827. The predicted molar refractivity (Wildman–Crippen MR) is 61.2 cm³/mol. The maximum absolute atomic E-state index is 11.1. The molecule has 1 aliphatic rings. The molecule has 0 saturated carbocycles. The van der Waals surface area contributed by atoms with Crippen LogP contribution in [0.2, 0.25) is 0 Å². The number of fused-ring (bicyclic) bond motifs is 1. The van der Waals surface area contributed by atoms with Gasteiger partial charge in [-0.3, -0.25) is 4.79 Å². The Hall–Kier alpha value is -1.03. The molecule has 1 N–H and O–H groups in total. The first-order chi connectivity index (χ1) is 7.18. The Morgan fingerprint density at radius 1 is 1.53 bits per heavy atom. The molecule has 0 saturated heterocycles. The standard InChI is InChI=1S/C11H12BrNO2/c1-7(14)13-11-8-4-2-3-5-10(8)15-6-9(11)12/h2-5,9,11H,6H2,1H3,(H,13,14). The molecule has 1 aromatic carbocycles. The highest BCUT2D eigenvalue weighted by molar-refractivity contribution is 9.09. The molecule has 0 radical (unpaired) electrons. The lowest BCUT2D eigenvalue weighted by Gasteiger charge is -2.30. The Bertz CT molecular complexity index is 381. The van der Waals surface area contributed by atoms with Gasteiger partial charge in [0, 0.05) is 12.5 Å². The van der Waals surface area contributed by atoms with Gasteiger partial charge in [0.1, 0.15) is 12.4 Å². The highest BCUT2D eigenvalue weighted by atomic mass is 79.9. The van der Waals surface area contributed by atoms with Crippen LogP contribution in [0.1, 0.15) is 18.5 Å². The molecule has 0 aromatic heterocycles. The molecule has 1 aromatic rings. The molecule has 0 bridgehead atoms. The van der Waals surface area contributed by atoms with Crippen LogP contribution in [0.25, 0.3) is 0 Å². The van der Waals surface area contributed by atoms with Gasteiger partial charge in [-0.1, -0.05) is 34.1 Å². The average Bonchev–Trinajstić information content (AvgIpc) is 2.22. The van der Waals surface area contributed by atoms with Crippen molar-refractivity contribution in [3.63, 3.8) is 0 Å². The van der Waals surface area contributed by atoms with E-state index in [0.717, 1.165) is 11.3 Å². The maximum Gasteiger partial charge on any atom is 0.217 e. The van der Waals surface area contributed by atoms with E-state index in [0.29, 0.717) is 6.61 Å². The molecule has 1 amide bonds. The number of carbonyl (C=O) groups excluding carboxylic acids is 1. The van der Waals surface area contributed by atoms with Crippen molar-refractivity contribution in [3.8, 4) is 5.75 Å². The van der Waals surface area contributed by atoms with Crippen LogP contribution in [-0.4, -0.2) is 17.3 Å². The van der Waals surface area contributed by atoms with Crippen LogP contribution < -0.4 is 10.1 Å². The van der Waals surface area contributed by atoms with Crippen molar-refractivity contribution >= 4 is 21.8 Å². The molecule has 15 heavy (non-hydrogen) atoms. The summed E-state index contributed by atoms with van der Waals surface area (Å²) >= 11 is 3.51. The number of hydrogen-bond acceptors (Lipinski definition) is 2. The second-order valence-corrected chi connectivity index (χ2v) is 4.72. The molecular formula is C11H12BrNO2. The minimum atomic E-state index is -0.0267. The van der Waals surface area contributed by atoms with E-state index in [1.807, 2.05) is 24.3 Å². The van der Waals surface area contributed by atoms with Crippen LogP contribution in [-0.2, 0) is 4.79 Å². The van der Waals surface area contributed by atoms with Gasteiger partial charge >= 0.3 is 0 Å². The molecule has 0 aliphatic carbocycles. The third-order valence-electron chi connectivity index (χ3n) is 2.37. The molecule has 0 fully saturated rings. The van der Waals surface area contributed by atoms with Gasteiger partial charge in [0.15, 0.2) is 0 Å². The summed E-state index contributed by atoms with van der Waals surface area (Å²) in [6, 6.07) is 7.76. The Morgan fingerprint density at radius 3 is 3.00 bits per heavy atom. The van der Waals surface area contributed by atoms with Gasteiger partial charge in [0.2, 0.25) is 5.91 Å². The van der Waals surface area contributed by atoms with E-state index in [1.165, 1.54) is 6.92 Å². The number of rotatable bonds is 1. The molecule has 3 nitrogen and oxygen atoms in total. The van der Waals surface area contributed by atoms with Crippen molar-refractivity contribution in [2.75, 3.05) is 6.61 Å². The highest BCUT2D eigenvalue weighted by Gasteiger charge is 2.29. The van der Waals surface area contributed by atoms with Crippen LogP contribution in [0.5, 0.6) is 5.75 Å². The lowest BCUT2D eigenvalue weighted by molar-refractivity contribution is -0.119. The van der Waals surface area contributed by atoms with E-state index in [1.54, 1.807) is 0 Å². The molecule has 1 heterocycles. The van der Waals surface area contributed by atoms with Crippen molar-refractivity contribution in [2.24, 2.45) is 0 Å². The second-order valence-electron chi connectivity index (χ2n) is 3.54. The van der Waals surface area contributed by atoms with Gasteiger partial charge in [-0.25, -0.2) is 0 Å². The fourth-order valence-electron chi connectivity index (χ4n) is 1.72. The van der Waals surface area contributed by atoms with Crippen molar-refractivity contribution in [1.82, 2.24) is 5.32 Å². The fraction of sp³-hybridized carbons (Fsp3) is 0.364. The van der Waals surface area contributed by atoms with Gasteiger partial charge < -0.3 is 10.1 Å². The Labute approximate surface area is 96.9 Å². The van der Waals surface area contributed by atoms with Crippen molar-refractivity contribution < 1.29 is 9.53 Å². The zero-order valence-electron chi connectivity index (χ0n) is 8.37. The summed E-state index contributed by atoms with van der Waals surface area (Å²) < 4.78 is 5.55. The monoisotopic (exact) mass is 269 g/mol. The zero-order chi connectivity index (χ0) is 10.8. The van der Waals surface area contributed by atoms with Gasteiger partial charge in [-0.15, -0.1) is 0 Å². The molecule has 1 aliphatic heterocycles. The topological polar surface area (TPSA) is 38.3 Å². The number of carbonyl (C=O) groups is 1. The van der Waals surface area contributed by atoms with E-state index < -0.39 is 0 Å². The van der Waals surface area contributed by atoms with E-state index in [-0.39, 0.29) is 16.8 Å². The highest BCUT2D eigenvalue weighted by Crippen LogP contribution is 2.34. The van der Waals surface area contributed by atoms with Gasteiger partial charge in [-0.2, -0.15) is 0 Å². The summed E-state index contributed by atoms with van der Waals surface area (Å²) in [4.78, 5) is 11.2. The Balaban J connectivity index is 2.32. The summed E-state index contributed by atoms with van der Waals surface area (Å²) in [6.07, 6.45) is 0. The molecule has 2 atom stereocenters. The molecule has 2 rings (SSSR count). The average molecular weight is 270 g/mol. The first kappa shape index (κ1) is 10.5. The van der Waals surface area contributed by atoms with Crippen molar-refractivity contribution in [2.45, 2.75) is 17.8 Å². The predicted octanol–water partition coefficient (Wildman–Crippen LogP) is 2.02. The van der Waals surface area contributed by atoms with Crippen LogP contribution in [0.3, 0.4) is 0 Å². The van der Waals surface area contributed by atoms with E-state index >= 15 is 0 Å². The number of benzene rings is 1. The van der Waals surface area contributed by atoms with Crippen molar-refractivity contribution in [3.05, 3.63) is 29.8 Å². The third-order valence-corrected chi connectivity index (χ3v) is 3.17. The second kappa shape index (κ2) is 4.23. The Morgan fingerprint density at radius 2 is 2.27 bits per heavy atom. The van der Waals surface area contributed by atoms with E-state index in [2.05, 4.69) is 21.2 Å². The number of para-hydroxylation sites is 1. The van der Waals surface area contributed by atoms with Gasteiger partial charge in [0.25, 0.3) is 0 Å². The first-order valence-electron chi connectivity index (χ1n) is 4.81. The minimum Gasteiger partial charge on any atom is -0.492 e. The maximum atomic E-state index is 11.1. The Kier molecular flexibility index (Phi) is 2.95. The summed E-state index contributed by atoms with van der Waals surface area (Å²) in [7, 11) is 0. The largest absolute Gasteiger partial charge is 0.492 e. The molecular weight excluding hydrogens is 258 g/mol. The summed E-state index contributed by atoms with van der Waals surface area (Å²) in [5, 5.41) is 2.92. The fourth-order valence-corrected chi connectivity index (χ4v) is 2.27. The third kappa shape index (κ3) is 2.15. The molecule has 2 unspecified atom stereocenters. The van der Waals surface area contributed by atoms with Crippen LogP contribution in [0.15, 0.2) is 24.3 Å². The molecule has 4 heteroatoms. The SMILES string of the molecule is CC(=O)NC1c2ccccc2OCC1Br. The normalized spacial score (nSPS) is 23.9. The van der Waals surface area contributed by atoms with Crippen molar-refractivity contribution in [1.29, 1.82) is 0 Å². The first-order valence-corrected chi connectivity index (χ1v) is 5.73. The number of hydrogen-bond donors (Lipinski definition) is 1. The number of alkyl halides is 1. The lowest BCUT2D eigenvalue weighted by atomic mass is 10.0. The molecule has 0 spiro atoms. The number of ether oxygens (including phenoxy) is 1. The number of amides is 1.